The van der Waals surface area contributed by atoms with Gasteiger partial charge in [0.2, 0.25) is 0 Å². The predicted molar refractivity (Wildman–Crippen MR) is 71.5 cm³/mol. The van der Waals surface area contributed by atoms with Gasteiger partial charge < -0.3 is 23.7 Å². The highest BCUT2D eigenvalue weighted by Crippen LogP contribution is 2.40. The fourth-order valence-corrected chi connectivity index (χ4v) is 3.05. The molecule has 3 heterocycles. The van der Waals surface area contributed by atoms with Crippen molar-refractivity contribution in [3.63, 3.8) is 0 Å². The van der Waals surface area contributed by atoms with Gasteiger partial charge >= 0.3 is 5.97 Å². The van der Waals surface area contributed by atoms with Crippen molar-refractivity contribution in [2.45, 2.75) is 69.7 Å². The highest BCUT2D eigenvalue weighted by Gasteiger charge is 2.58. The normalized spacial score (nSPS) is 42.4. The van der Waals surface area contributed by atoms with Gasteiger partial charge in [-0.15, -0.1) is 0 Å². The first kappa shape index (κ1) is 15.5. The van der Waals surface area contributed by atoms with E-state index in [1.807, 2.05) is 0 Å². The van der Waals surface area contributed by atoms with E-state index < -0.39 is 48.0 Å². The SMILES string of the molecule is CC1(C)O[C@H]2[C@@H]([C@H]3COC(C)(C)O3)OC(=O)[C@H](N=[N+]=[N-])[C@H]2O1. The smallest absolute Gasteiger partial charge is 0.318 e. The number of hydrogen-bond acceptors (Lipinski definition) is 7. The second-order valence-electron chi connectivity index (χ2n) is 6.48. The predicted octanol–water partition coefficient (Wildman–Crippen LogP) is 1.26. The summed E-state index contributed by atoms with van der Waals surface area (Å²) < 4.78 is 28.3. The van der Waals surface area contributed by atoms with Gasteiger partial charge in [-0.3, -0.25) is 4.79 Å². The molecule has 3 aliphatic rings. The molecule has 0 aliphatic carbocycles. The van der Waals surface area contributed by atoms with E-state index in [1.165, 1.54) is 0 Å². The summed E-state index contributed by atoms with van der Waals surface area (Å²) in [6, 6.07) is -1.07. The minimum Gasteiger partial charge on any atom is -0.456 e. The van der Waals surface area contributed by atoms with Gasteiger partial charge in [0, 0.05) is 4.91 Å². The van der Waals surface area contributed by atoms with Crippen LogP contribution < -0.4 is 0 Å². The van der Waals surface area contributed by atoms with Crippen molar-refractivity contribution in [2.24, 2.45) is 5.11 Å². The Labute approximate surface area is 127 Å². The van der Waals surface area contributed by atoms with E-state index in [0.717, 1.165) is 0 Å². The van der Waals surface area contributed by atoms with Crippen molar-refractivity contribution >= 4 is 5.97 Å². The van der Waals surface area contributed by atoms with Crippen molar-refractivity contribution in [3.8, 4) is 0 Å². The Bertz CT molecular complexity index is 530. The molecule has 0 aromatic carbocycles. The van der Waals surface area contributed by atoms with E-state index in [2.05, 4.69) is 10.0 Å². The zero-order valence-corrected chi connectivity index (χ0v) is 12.9. The average Bonchev–Trinajstić information content (AvgIpc) is 2.91. The van der Waals surface area contributed by atoms with Crippen molar-refractivity contribution in [2.75, 3.05) is 6.61 Å². The third-order valence-electron chi connectivity index (χ3n) is 3.87. The lowest BCUT2D eigenvalue weighted by Crippen LogP contribution is -2.57. The lowest BCUT2D eigenvalue weighted by atomic mass is 9.95. The van der Waals surface area contributed by atoms with Crippen LogP contribution >= 0.6 is 0 Å². The molecule has 0 unspecified atom stereocenters. The van der Waals surface area contributed by atoms with E-state index in [-0.39, 0.29) is 6.61 Å². The molecule has 0 aromatic rings. The molecule has 0 radical (unpaired) electrons. The van der Waals surface area contributed by atoms with Crippen LogP contribution in [0.1, 0.15) is 27.7 Å². The first-order chi connectivity index (χ1) is 10.2. The van der Waals surface area contributed by atoms with E-state index >= 15 is 0 Å². The largest absolute Gasteiger partial charge is 0.456 e. The van der Waals surface area contributed by atoms with Crippen LogP contribution in [0, 0.1) is 0 Å². The first-order valence-electron chi connectivity index (χ1n) is 7.14. The zero-order chi connectivity index (χ0) is 16.1. The molecule has 3 fully saturated rings. The molecule has 5 atom stereocenters. The van der Waals surface area contributed by atoms with Gasteiger partial charge in [-0.2, -0.15) is 0 Å². The molecule has 22 heavy (non-hydrogen) atoms. The van der Waals surface area contributed by atoms with Crippen LogP contribution in [0.5, 0.6) is 0 Å². The van der Waals surface area contributed by atoms with E-state index in [1.54, 1.807) is 27.7 Å². The lowest BCUT2D eigenvalue weighted by molar-refractivity contribution is -0.199. The van der Waals surface area contributed by atoms with Crippen LogP contribution in [0.4, 0.5) is 0 Å². The molecule has 0 N–H and O–H groups in total. The lowest BCUT2D eigenvalue weighted by Gasteiger charge is -2.36. The molecule has 0 saturated carbocycles. The number of azide groups is 1. The monoisotopic (exact) mass is 313 g/mol. The number of hydrogen-bond donors (Lipinski definition) is 0. The summed E-state index contributed by atoms with van der Waals surface area (Å²) in [5.74, 6) is -2.29. The summed E-state index contributed by atoms with van der Waals surface area (Å²) >= 11 is 0. The number of carbonyl (C=O) groups is 1. The molecule has 3 rings (SSSR count). The van der Waals surface area contributed by atoms with Crippen molar-refractivity contribution in [3.05, 3.63) is 10.4 Å². The van der Waals surface area contributed by atoms with Crippen LogP contribution in [0.3, 0.4) is 0 Å². The summed E-state index contributed by atoms with van der Waals surface area (Å²) in [4.78, 5) is 14.8. The molecule has 9 heteroatoms. The van der Waals surface area contributed by atoms with Crippen LogP contribution in [0.2, 0.25) is 0 Å². The number of carbonyl (C=O) groups excluding carboxylic acids is 1. The highest BCUT2D eigenvalue weighted by molar-refractivity contribution is 5.78. The Kier molecular flexibility index (Phi) is 3.58. The second-order valence-corrected chi connectivity index (χ2v) is 6.48. The molecular weight excluding hydrogens is 294 g/mol. The fraction of sp³-hybridized carbons (Fsp3) is 0.923. The van der Waals surface area contributed by atoms with Gasteiger partial charge in [0.1, 0.15) is 18.3 Å². The van der Waals surface area contributed by atoms with Gasteiger partial charge in [0.15, 0.2) is 23.7 Å². The molecular formula is C13H19N3O6. The Morgan fingerprint density at radius 3 is 2.36 bits per heavy atom. The average molecular weight is 313 g/mol. The van der Waals surface area contributed by atoms with Gasteiger partial charge in [0.25, 0.3) is 0 Å². The summed E-state index contributed by atoms with van der Waals surface area (Å²) in [7, 11) is 0. The number of fused-ring (bicyclic) bond motifs is 1. The molecule has 0 spiro atoms. The molecule has 0 amide bonds. The number of esters is 1. The Morgan fingerprint density at radius 1 is 1.09 bits per heavy atom. The fourth-order valence-electron chi connectivity index (χ4n) is 3.05. The number of nitrogens with zero attached hydrogens (tertiary/aromatic N) is 3. The molecule has 0 aromatic heterocycles. The summed E-state index contributed by atoms with van der Waals surface area (Å²) in [5.41, 5.74) is 8.64. The topological polar surface area (TPSA) is 112 Å². The maximum absolute atomic E-state index is 12.1. The van der Waals surface area contributed by atoms with Crippen LogP contribution in [0.15, 0.2) is 5.11 Å². The number of cyclic esters (lactones) is 1. The summed E-state index contributed by atoms with van der Waals surface area (Å²) in [6.45, 7) is 7.32. The third kappa shape index (κ3) is 2.66. The summed E-state index contributed by atoms with van der Waals surface area (Å²) in [6.07, 6.45) is -2.42. The third-order valence-corrected chi connectivity index (χ3v) is 3.87. The molecule has 3 saturated heterocycles. The van der Waals surface area contributed by atoms with E-state index in [4.69, 9.17) is 29.2 Å². The van der Waals surface area contributed by atoms with E-state index in [9.17, 15) is 4.79 Å². The minimum atomic E-state index is -1.07. The van der Waals surface area contributed by atoms with Crippen molar-refractivity contribution in [1.29, 1.82) is 0 Å². The van der Waals surface area contributed by atoms with Crippen molar-refractivity contribution < 1.29 is 28.5 Å². The van der Waals surface area contributed by atoms with Crippen LogP contribution in [0.25, 0.3) is 10.4 Å². The standard InChI is InChI=1S/C13H19N3O6/c1-12(2)18-5-6(20-12)8-10-9(21-13(3,4)22-10)7(15-16-14)11(17)19-8/h6-10H,5H2,1-4H3/t6-,7-,8-,9-,10+/m1/s1. The minimum absolute atomic E-state index is 0.282. The van der Waals surface area contributed by atoms with Gasteiger partial charge in [-0.1, -0.05) is 5.11 Å². The molecule has 9 nitrogen and oxygen atoms in total. The first-order valence-corrected chi connectivity index (χ1v) is 7.14. The number of rotatable bonds is 2. The second kappa shape index (κ2) is 5.07. The van der Waals surface area contributed by atoms with E-state index in [0.29, 0.717) is 0 Å². The van der Waals surface area contributed by atoms with Gasteiger partial charge in [0.05, 0.1) is 6.61 Å². The van der Waals surface area contributed by atoms with Crippen LogP contribution in [-0.4, -0.2) is 54.6 Å². The quantitative estimate of drug-likeness (QED) is 0.328. The molecule has 0 bridgehead atoms. The maximum Gasteiger partial charge on any atom is 0.318 e. The highest BCUT2D eigenvalue weighted by atomic mass is 16.8. The Balaban J connectivity index is 1.87. The van der Waals surface area contributed by atoms with Gasteiger partial charge in [-0.05, 0) is 33.2 Å². The summed E-state index contributed by atoms with van der Waals surface area (Å²) in [5, 5.41) is 3.49. The molecule has 3 aliphatic heterocycles. The van der Waals surface area contributed by atoms with Gasteiger partial charge in [-0.25, -0.2) is 0 Å². The Hall–Kier alpha value is -1.38. The Morgan fingerprint density at radius 2 is 1.77 bits per heavy atom. The number of ether oxygens (including phenoxy) is 5. The maximum atomic E-state index is 12.1. The molecule has 122 valence electrons. The van der Waals surface area contributed by atoms with Crippen molar-refractivity contribution in [1.82, 2.24) is 0 Å². The van der Waals surface area contributed by atoms with Crippen LogP contribution in [-0.2, 0) is 28.5 Å². The zero-order valence-electron chi connectivity index (χ0n) is 12.9.